The number of rotatable bonds is 5. The third-order valence-electron chi connectivity index (χ3n) is 5.52. The Balaban J connectivity index is 1.60. The second kappa shape index (κ2) is 9.10. The zero-order valence-corrected chi connectivity index (χ0v) is 18.4. The van der Waals surface area contributed by atoms with Crippen LogP contribution in [0.5, 0.6) is 0 Å². The van der Waals surface area contributed by atoms with Crippen LogP contribution in [-0.4, -0.2) is 50.8 Å². The van der Waals surface area contributed by atoms with Crippen molar-refractivity contribution in [3.05, 3.63) is 95.8 Å². The summed E-state index contributed by atoms with van der Waals surface area (Å²) in [6.07, 6.45) is 0. The predicted octanol–water partition coefficient (Wildman–Crippen LogP) is 3.76. The van der Waals surface area contributed by atoms with Crippen LogP contribution in [0.3, 0.4) is 0 Å². The number of likely N-dealkylation sites (N-methyl/N-ethyl adjacent to an activating group) is 1. The lowest BCUT2D eigenvalue weighted by Gasteiger charge is -2.40. The SMILES string of the molecule is CN1CCN(C(=O)c2cccc(S(=O)(=O)Nc3ccc(F)cc3)c2)C(c2ccccc2)C1. The van der Waals surface area contributed by atoms with E-state index in [0.717, 1.165) is 12.1 Å². The molecule has 6 nitrogen and oxygen atoms in total. The topological polar surface area (TPSA) is 69.7 Å². The highest BCUT2D eigenvalue weighted by Gasteiger charge is 2.31. The lowest BCUT2D eigenvalue weighted by atomic mass is 10.0. The third kappa shape index (κ3) is 4.81. The molecule has 8 heteroatoms. The van der Waals surface area contributed by atoms with Crippen molar-refractivity contribution in [3.63, 3.8) is 0 Å². The number of carbonyl (C=O) groups excluding carboxylic acids is 1. The standard InChI is InChI=1S/C24H24FN3O3S/c1-27-14-15-28(23(17-27)18-6-3-2-4-7-18)24(29)19-8-5-9-22(16-19)32(30,31)26-21-12-10-20(25)11-13-21/h2-13,16,23,26H,14-15,17H2,1H3. The Hall–Kier alpha value is -3.23. The molecular weight excluding hydrogens is 429 g/mol. The summed E-state index contributed by atoms with van der Waals surface area (Å²) in [4.78, 5) is 17.4. The number of hydrogen-bond acceptors (Lipinski definition) is 4. The number of nitrogens with zero attached hydrogens (tertiary/aromatic N) is 2. The number of amides is 1. The van der Waals surface area contributed by atoms with Gasteiger partial charge in [-0.25, -0.2) is 12.8 Å². The van der Waals surface area contributed by atoms with Crippen molar-refractivity contribution < 1.29 is 17.6 Å². The third-order valence-corrected chi connectivity index (χ3v) is 6.90. The Morgan fingerprint density at radius 3 is 2.41 bits per heavy atom. The molecule has 0 spiro atoms. The molecule has 0 radical (unpaired) electrons. The fraction of sp³-hybridized carbons (Fsp3) is 0.208. The van der Waals surface area contributed by atoms with Gasteiger partial charge in [-0.1, -0.05) is 36.4 Å². The van der Waals surface area contributed by atoms with Gasteiger partial charge in [0, 0.05) is 30.9 Å². The number of halogens is 1. The first-order chi connectivity index (χ1) is 15.3. The van der Waals surface area contributed by atoms with Crippen LogP contribution in [0, 0.1) is 5.82 Å². The molecule has 3 aromatic carbocycles. The van der Waals surface area contributed by atoms with Crippen molar-refractivity contribution in [1.29, 1.82) is 0 Å². The van der Waals surface area contributed by atoms with Gasteiger partial charge in [-0.2, -0.15) is 0 Å². The van der Waals surface area contributed by atoms with Crippen molar-refractivity contribution in [2.24, 2.45) is 0 Å². The summed E-state index contributed by atoms with van der Waals surface area (Å²) in [6, 6.07) is 20.7. The smallest absolute Gasteiger partial charge is 0.261 e. The first-order valence-corrected chi connectivity index (χ1v) is 11.7. The van der Waals surface area contributed by atoms with Gasteiger partial charge in [0.15, 0.2) is 0 Å². The van der Waals surface area contributed by atoms with E-state index >= 15 is 0 Å². The van der Waals surface area contributed by atoms with Gasteiger partial charge in [0.1, 0.15) is 5.82 Å². The van der Waals surface area contributed by atoms with E-state index in [2.05, 4.69) is 9.62 Å². The normalized spacial score (nSPS) is 17.2. The van der Waals surface area contributed by atoms with Crippen LogP contribution in [0.4, 0.5) is 10.1 Å². The molecule has 1 aliphatic rings. The van der Waals surface area contributed by atoms with E-state index in [1.54, 1.807) is 17.0 Å². The molecule has 166 valence electrons. The molecule has 1 N–H and O–H groups in total. The summed E-state index contributed by atoms with van der Waals surface area (Å²) in [7, 11) is -1.92. The minimum absolute atomic E-state index is 0.0296. The summed E-state index contributed by atoms with van der Waals surface area (Å²) >= 11 is 0. The summed E-state index contributed by atoms with van der Waals surface area (Å²) < 4.78 is 41.2. The molecular formula is C24H24FN3O3S. The van der Waals surface area contributed by atoms with Gasteiger partial charge in [-0.3, -0.25) is 9.52 Å². The van der Waals surface area contributed by atoms with Crippen LogP contribution in [0.15, 0.2) is 83.8 Å². The molecule has 0 aliphatic carbocycles. The molecule has 1 saturated heterocycles. The molecule has 1 heterocycles. The summed E-state index contributed by atoms with van der Waals surface area (Å²) in [5.74, 6) is -0.675. The second-order valence-corrected chi connectivity index (χ2v) is 9.51. The zero-order valence-electron chi connectivity index (χ0n) is 17.6. The predicted molar refractivity (Wildman–Crippen MR) is 121 cm³/mol. The monoisotopic (exact) mass is 453 g/mol. The van der Waals surface area contributed by atoms with Gasteiger partial charge >= 0.3 is 0 Å². The molecule has 1 unspecified atom stereocenters. The fourth-order valence-electron chi connectivity index (χ4n) is 3.82. The molecule has 1 aliphatic heterocycles. The molecule has 3 aromatic rings. The maximum absolute atomic E-state index is 13.4. The zero-order chi connectivity index (χ0) is 22.7. The minimum Gasteiger partial charge on any atom is -0.329 e. The lowest BCUT2D eigenvalue weighted by Crippen LogP contribution is -2.49. The number of carbonyl (C=O) groups is 1. The maximum Gasteiger partial charge on any atom is 0.261 e. The number of nitrogens with one attached hydrogen (secondary N) is 1. The number of sulfonamides is 1. The van der Waals surface area contributed by atoms with Gasteiger partial charge in [0.2, 0.25) is 0 Å². The minimum atomic E-state index is -3.94. The first-order valence-electron chi connectivity index (χ1n) is 10.3. The van der Waals surface area contributed by atoms with Crippen molar-refractivity contribution in [2.75, 3.05) is 31.4 Å². The van der Waals surface area contributed by atoms with Crippen molar-refractivity contribution in [3.8, 4) is 0 Å². The fourth-order valence-corrected chi connectivity index (χ4v) is 4.92. The van der Waals surface area contributed by atoms with Gasteiger partial charge in [-0.15, -0.1) is 0 Å². The largest absolute Gasteiger partial charge is 0.329 e. The van der Waals surface area contributed by atoms with Gasteiger partial charge in [-0.05, 0) is 55.1 Å². The molecule has 1 fully saturated rings. The van der Waals surface area contributed by atoms with Crippen molar-refractivity contribution in [2.45, 2.75) is 10.9 Å². The van der Waals surface area contributed by atoms with E-state index in [0.29, 0.717) is 18.7 Å². The van der Waals surface area contributed by atoms with Crippen LogP contribution >= 0.6 is 0 Å². The Labute approximate surface area is 187 Å². The van der Waals surface area contributed by atoms with Crippen LogP contribution < -0.4 is 4.72 Å². The van der Waals surface area contributed by atoms with E-state index in [1.165, 1.54) is 36.4 Å². The van der Waals surface area contributed by atoms with Gasteiger partial charge in [0.25, 0.3) is 15.9 Å². The molecule has 1 amide bonds. The van der Waals surface area contributed by atoms with E-state index in [1.807, 2.05) is 37.4 Å². The number of benzene rings is 3. The van der Waals surface area contributed by atoms with Crippen LogP contribution in [0.1, 0.15) is 22.0 Å². The second-order valence-electron chi connectivity index (χ2n) is 7.83. The van der Waals surface area contributed by atoms with Gasteiger partial charge in [0.05, 0.1) is 10.9 Å². The summed E-state index contributed by atoms with van der Waals surface area (Å²) in [5, 5.41) is 0. The number of anilines is 1. The first kappa shape index (κ1) is 22.0. The highest BCUT2D eigenvalue weighted by molar-refractivity contribution is 7.92. The number of hydrogen-bond donors (Lipinski definition) is 1. The molecule has 0 bridgehead atoms. The highest BCUT2D eigenvalue weighted by atomic mass is 32.2. The molecule has 1 atom stereocenters. The van der Waals surface area contributed by atoms with E-state index in [4.69, 9.17) is 0 Å². The summed E-state index contributed by atoms with van der Waals surface area (Å²) in [5.41, 5.74) is 1.58. The van der Waals surface area contributed by atoms with E-state index < -0.39 is 15.8 Å². The molecule has 4 rings (SSSR count). The highest BCUT2D eigenvalue weighted by Crippen LogP contribution is 2.27. The lowest BCUT2D eigenvalue weighted by molar-refractivity contribution is 0.0498. The Bertz CT molecular complexity index is 1200. The van der Waals surface area contributed by atoms with Gasteiger partial charge < -0.3 is 9.80 Å². The van der Waals surface area contributed by atoms with E-state index in [-0.39, 0.29) is 22.5 Å². The maximum atomic E-state index is 13.4. The van der Waals surface area contributed by atoms with Crippen molar-refractivity contribution in [1.82, 2.24) is 9.80 Å². The van der Waals surface area contributed by atoms with Crippen LogP contribution in [0.2, 0.25) is 0 Å². The molecule has 0 saturated carbocycles. The van der Waals surface area contributed by atoms with E-state index in [9.17, 15) is 17.6 Å². The summed E-state index contributed by atoms with van der Waals surface area (Å²) in [6.45, 7) is 1.97. The van der Waals surface area contributed by atoms with Crippen LogP contribution in [-0.2, 0) is 10.0 Å². The average Bonchev–Trinajstić information content (AvgIpc) is 2.80. The molecule has 0 aromatic heterocycles. The average molecular weight is 454 g/mol. The number of piperazine rings is 1. The quantitative estimate of drug-likeness (QED) is 0.639. The van der Waals surface area contributed by atoms with Crippen LogP contribution in [0.25, 0.3) is 0 Å². The Kier molecular flexibility index (Phi) is 6.25. The van der Waals surface area contributed by atoms with Crippen molar-refractivity contribution >= 4 is 21.6 Å². The molecule has 32 heavy (non-hydrogen) atoms. The Morgan fingerprint density at radius 1 is 0.969 bits per heavy atom. The Morgan fingerprint density at radius 2 is 1.69 bits per heavy atom.